The van der Waals surface area contributed by atoms with Crippen molar-refractivity contribution in [3.05, 3.63) is 0 Å². The van der Waals surface area contributed by atoms with Crippen molar-refractivity contribution in [1.82, 2.24) is 9.03 Å². The number of hydrogen-bond acceptors (Lipinski definition) is 3. The van der Waals surface area contributed by atoms with Crippen LogP contribution in [0, 0.1) is 11.8 Å². The van der Waals surface area contributed by atoms with Gasteiger partial charge in [0.25, 0.3) is 10.2 Å². The second-order valence-corrected chi connectivity index (χ2v) is 7.20. The number of aliphatic hydroxyl groups excluding tert-OH is 1. The molecule has 3 unspecified atom stereocenters. The highest BCUT2D eigenvalue weighted by Gasteiger charge is 2.31. The minimum absolute atomic E-state index is 0.0106. The van der Waals surface area contributed by atoms with Crippen LogP contribution in [0.3, 0.4) is 0 Å². The Kier molecular flexibility index (Phi) is 6.04. The van der Waals surface area contributed by atoms with Crippen molar-refractivity contribution >= 4 is 10.2 Å². The van der Waals surface area contributed by atoms with E-state index >= 15 is 0 Å². The zero-order valence-corrected chi connectivity index (χ0v) is 12.4. The van der Waals surface area contributed by atoms with E-state index in [0.29, 0.717) is 24.8 Å². The maximum Gasteiger partial charge on any atom is 0.279 e. The minimum Gasteiger partial charge on any atom is -0.396 e. The first-order chi connectivity index (χ1) is 8.38. The van der Waals surface area contributed by atoms with E-state index < -0.39 is 10.2 Å². The molecular weight excluding hydrogens is 252 g/mol. The van der Waals surface area contributed by atoms with Gasteiger partial charge in [-0.1, -0.05) is 26.7 Å². The van der Waals surface area contributed by atoms with Gasteiger partial charge in [-0.15, -0.1) is 0 Å². The van der Waals surface area contributed by atoms with Crippen molar-refractivity contribution in [3.8, 4) is 0 Å². The van der Waals surface area contributed by atoms with Gasteiger partial charge in [0, 0.05) is 26.2 Å². The smallest absolute Gasteiger partial charge is 0.279 e. The fourth-order valence-corrected chi connectivity index (χ4v) is 3.71. The van der Waals surface area contributed by atoms with E-state index in [9.17, 15) is 8.42 Å². The molecule has 1 fully saturated rings. The molecule has 0 amide bonds. The number of rotatable bonds is 6. The van der Waals surface area contributed by atoms with Gasteiger partial charge in [0.15, 0.2) is 0 Å². The lowest BCUT2D eigenvalue weighted by molar-refractivity contribution is 0.223. The van der Waals surface area contributed by atoms with Gasteiger partial charge in [0.05, 0.1) is 0 Å². The molecule has 0 aromatic rings. The van der Waals surface area contributed by atoms with Crippen molar-refractivity contribution in [1.29, 1.82) is 0 Å². The Morgan fingerprint density at radius 1 is 1.33 bits per heavy atom. The summed E-state index contributed by atoms with van der Waals surface area (Å²) < 4.78 is 28.3. The van der Waals surface area contributed by atoms with Gasteiger partial charge in [0.1, 0.15) is 0 Å². The highest BCUT2D eigenvalue weighted by Crippen LogP contribution is 2.29. The highest BCUT2D eigenvalue weighted by molar-refractivity contribution is 7.87. The summed E-state index contributed by atoms with van der Waals surface area (Å²) in [5.41, 5.74) is 0. The second kappa shape index (κ2) is 6.84. The lowest BCUT2D eigenvalue weighted by Crippen LogP contribution is -2.48. The topological polar surface area (TPSA) is 69.6 Å². The van der Waals surface area contributed by atoms with Gasteiger partial charge in [-0.2, -0.15) is 17.4 Å². The Hall–Kier alpha value is -0.170. The standard InChI is InChI=1S/C12H26N2O3S/c1-10-6-4-7-12(11(10)2)13-18(16,17)14(3)8-5-9-15/h10-13,15H,4-9H2,1-3H3. The number of nitrogens with one attached hydrogen (secondary N) is 1. The molecule has 5 nitrogen and oxygen atoms in total. The SMILES string of the molecule is CC1CCCC(NS(=O)(=O)N(C)CCCO)C1C. The first-order valence-corrected chi connectivity index (χ1v) is 8.17. The molecule has 0 saturated heterocycles. The van der Waals surface area contributed by atoms with Gasteiger partial charge in [-0.25, -0.2) is 0 Å². The van der Waals surface area contributed by atoms with Crippen LogP contribution in [0.25, 0.3) is 0 Å². The zero-order valence-electron chi connectivity index (χ0n) is 11.6. The molecule has 0 radical (unpaired) electrons. The molecule has 0 spiro atoms. The second-order valence-electron chi connectivity index (χ2n) is 5.40. The third-order valence-electron chi connectivity index (χ3n) is 4.05. The fraction of sp³-hybridized carbons (Fsp3) is 1.00. The Morgan fingerprint density at radius 2 is 2.00 bits per heavy atom. The molecule has 0 bridgehead atoms. The fourth-order valence-electron chi connectivity index (χ4n) is 2.44. The van der Waals surface area contributed by atoms with Gasteiger partial charge in [0.2, 0.25) is 0 Å². The van der Waals surface area contributed by atoms with Gasteiger partial charge >= 0.3 is 0 Å². The summed E-state index contributed by atoms with van der Waals surface area (Å²) in [5.74, 6) is 0.939. The number of hydrogen-bond donors (Lipinski definition) is 2. The van der Waals surface area contributed by atoms with Crippen molar-refractivity contribution in [3.63, 3.8) is 0 Å². The van der Waals surface area contributed by atoms with Crippen molar-refractivity contribution < 1.29 is 13.5 Å². The zero-order chi connectivity index (χ0) is 13.8. The molecule has 108 valence electrons. The summed E-state index contributed by atoms with van der Waals surface area (Å²) in [7, 11) is -1.87. The van der Waals surface area contributed by atoms with Gasteiger partial charge in [-0.3, -0.25) is 0 Å². The molecule has 0 aromatic carbocycles. The first kappa shape index (κ1) is 15.9. The van der Waals surface area contributed by atoms with Crippen LogP contribution in [0.4, 0.5) is 0 Å². The molecule has 2 N–H and O–H groups in total. The molecule has 3 atom stereocenters. The minimum atomic E-state index is -3.42. The maximum absolute atomic E-state index is 12.1. The van der Waals surface area contributed by atoms with Gasteiger partial charge in [-0.05, 0) is 24.7 Å². The molecule has 6 heteroatoms. The molecule has 1 saturated carbocycles. The Balaban J connectivity index is 2.59. The van der Waals surface area contributed by atoms with E-state index in [2.05, 4.69) is 18.6 Å². The van der Waals surface area contributed by atoms with Crippen molar-refractivity contribution in [2.24, 2.45) is 11.8 Å². The Morgan fingerprint density at radius 3 is 2.61 bits per heavy atom. The monoisotopic (exact) mass is 278 g/mol. The van der Waals surface area contributed by atoms with Crippen molar-refractivity contribution in [2.45, 2.75) is 45.6 Å². The summed E-state index contributed by atoms with van der Waals surface area (Å²) in [6.45, 7) is 4.66. The third-order valence-corrected chi connectivity index (χ3v) is 5.65. The van der Waals surface area contributed by atoms with Crippen LogP contribution >= 0.6 is 0 Å². The van der Waals surface area contributed by atoms with Crippen LogP contribution in [0.1, 0.15) is 39.5 Å². The van der Waals surface area contributed by atoms with E-state index in [-0.39, 0.29) is 12.6 Å². The highest BCUT2D eigenvalue weighted by atomic mass is 32.2. The third kappa shape index (κ3) is 4.19. The quantitative estimate of drug-likeness (QED) is 0.760. The largest absolute Gasteiger partial charge is 0.396 e. The van der Waals surface area contributed by atoms with Crippen LogP contribution in [0.2, 0.25) is 0 Å². The maximum atomic E-state index is 12.1. The van der Waals surface area contributed by atoms with E-state index in [1.165, 1.54) is 10.7 Å². The summed E-state index contributed by atoms with van der Waals surface area (Å²) in [4.78, 5) is 0. The molecule has 18 heavy (non-hydrogen) atoms. The summed E-state index contributed by atoms with van der Waals surface area (Å²) in [6, 6.07) is 0.0373. The van der Waals surface area contributed by atoms with E-state index in [4.69, 9.17) is 5.11 Å². The van der Waals surface area contributed by atoms with Crippen LogP contribution < -0.4 is 4.72 Å². The van der Waals surface area contributed by atoms with Crippen LogP contribution in [0.15, 0.2) is 0 Å². The Labute approximate surface area is 111 Å². The van der Waals surface area contributed by atoms with Crippen LogP contribution in [-0.2, 0) is 10.2 Å². The Bertz CT molecular complexity index is 345. The molecule has 1 aliphatic rings. The molecule has 1 rings (SSSR count). The lowest BCUT2D eigenvalue weighted by Gasteiger charge is -2.35. The van der Waals surface area contributed by atoms with Crippen LogP contribution in [-0.4, -0.2) is 44.1 Å². The lowest BCUT2D eigenvalue weighted by atomic mass is 9.78. The summed E-state index contributed by atoms with van der Waals surface area (Å²) in [5, 5.41) is 8.74. The predicted molar refractivity (Wildman–Crippen MR) is 72.4 cm³/mol. The number of nitrogens with zero attached hydrogens (tertiary/aromatic N) is 1. The van der Waals surface area contributed by atoms with E-state index in [0.717, 1.165) is 12.8 Å². The summed E-state index contributed by atoms with van der Waals surface area (Å²) in [6.07, 6.45) is 3.64. The van der Waals surface area contributed by atoms with E-state index in [1.54, 1.807) is 7.05 Å². The molecule has 0 aromatic heterocycles. The van der Waals surface area contributed by atoms with E-state index in [1.807, 2.05) is 0 Å². The van der Waals surface area contributed by atoms with Crippen molar-refractivity contribution in [2.75, 3.05) is 20.2 Å². The molecule has 1 aliphatic carbocycles. The predicted octanol–water partition coefficient (Wildman–Crippen LogP) is 0.960. The summed E-state index contributed by atoms with van der Waals surface area (Å²) >= 11 is 0. The van der Waals surface area contributed by atoms with Gasteiger partial charge < -0.3 is 5.11 Å². The molecule has 0 heterocycles. The van der Waals surface area contributed by atoms with Crippen LogP contribution in [0.5, 0.6) is 0 Å². The molecular formula is C12H26N2O3S. The normalized spacial score (nSPS) is 29.7. The molecule has 0 aliphatic heterocycles. The average Bonchev–Trinajstić information content (AvgIpc) is 2.31. The number of aliphatic hydroxyl groups is 1. The first-order valence-electron chi connectivity index (χ1n) is 6.73. The average molecular weight is 278 g/mol.